The normalized spacial score (nSPS) is 22.2. The number of piperazine rings is 1. The summed E-state index contributed by atoms with van der Waals surface area (Å²) in [6, 6.07) is 10.1. The van der Waals surface area contributed by atoms with Gasteiger partial charge in [0.05, 0.1) is 6.54 Å². The first-order chi connectivity index (χ1) is 16.1. The van der Waals surface area contributed by atoms with Gasteiger partial charge in [-0.15, -0.1) is 0 Å². The SMILES string of the molecule is CCC(=O)N(CC1(N2CCN(CC(=O)N3CCCCC3)CC2)CCOCC1)c1ccccc1. The molecule has 0 spiro atoms. The molecule has 0 unspecified atom stereocenters. The van der Waals surface area contributed by atoms with E-state index in [0.29, 0.717) is 19.5 Å². The van der Waals surface area contributed by atoms with Crippen LogP contribution in [-0.4, -0.2) is 97.6 Å². The molecule has 182 valence electrons. The fourth-order valence-electron chi connectivity index (χ4n) is 5.56. The molecular weight excluding hydrogens is 416 g/mol. The third-order valence-corrected chi connectivity index (χ3v) is 7.66. The van der Waals surface area contributed by atoms with E-state index in [1.165, 1.54) is 6.42 Å². The molecule has 3 heterocycles. The molecule has 7 heteroatoms. The van der Waals surface area contributed by atoms with Gasteiger partial charge in [0.2, 0.25) is 11.8 Å². The Labute approximate surface area is 198 Å². The maximum absolute atomic E-state index is 13.0. The summed E-state index contributed by atoms with van der Waals surface area (Å²) >= 11 is 0. The number of hydrogen-bond donors (Lipinski definition) is 0. The van der Waals surface area contributed by atoms with Gasteiger partial charge in [-0.2, -0.15) is 0 Å². The highest BCUT2D eigenvalue weighted by atomic mass is 16.5. The highest BCUT2D eigenvalue weighted by Gasteiger charge is 2.42. The maximum atomic E-state index is 13.0. The third kappa shape index (κ3) is 5.94. The number of ether oxygens (including phenoxy) is 1. The van der Waals surface area contributed by atoms with Crippen LogP contribution in [0.4, 0.5) is 5.69 Å². The van der Waals surface area contributed by atoms with Crippen LogP contribution in [0.1, 0.15) is 45.4 Å². The molecule has 0 atom stereocenters. The van der Waals surface area contributed by atoms with E-state index < -0.39 is 0 Å². The van der Waals surface area contributed by atoms with E-state index in [-0.39, 0.29) is 17.4 Å². The van der Waals surface area contributed by atoms with E-state index in [0.717, 1.165) is 83.9 Å². The molecule has 4 rings (SSSR count). The molecule has 3 aliphatic heterocycles. The first kappa shape index (κ1) is 24.2. The number of hydrogen-bond acceptors (Lipinski definition) is 5. The Morgan fingerprint density at radius 2 is 1.61 bits per heavy atom. The van der Waals surface area contributed by atoms with Crippen LogP contribution in [0.15, 0.2) is 30.3 Å². The van der Waals surface area contributed by atoms with Crippen LogP contribution < -0.4 is 4.90 Å². The van der Waals surface area contributed by atoms with Gasteiger partial charge < -0.3 is 14.5 Å². The van der Waals surface area contributed by atoms with Gasteiger partial charge in [0.1, 0.15) is 0 Å². The monoisotopic (exact) mass is 456 g/mol. The summed E-state index contributed by atoms with van der Waals surface area (Å²) in [5.41, 5.74) is 0.892. The minimum Gasteiger partial charge on any atom is -0.381 e. The van der Waals surface area contributed by atoms with Gasteiger partial charge in [-0.25, -0.2) is 0 Å². The summed E-state index contributed by atoms with van der Waals surface area (Å²) in [6.45, 7) is 10.1. The van der Waals surface area contributed by atoms with Crippen molar-refractivity contribution in [3.8, 4) is 0 Å². The van der Waals surface area contributed by atoms with Crippen molar-refractivity contribution in [2.24, 2.45) is 0 Å². The van der Waals surface area contributed by atoms with Crippen molar-refractivity contribution in [1.82, 2.24) is 14.7 Å². The molecule has 0 saturated carbocycles. The molecular formula is C26H40N4O3. The zero-order valence-electron chi connectivity index (χ0n) is 20.2. The summed E-state index contributed by atoms with van der Waals surface area (Å²) < 4.78 is 5.74. The Bertz CT molecular complexity index is 767. The second kappa shape index (κ2) is 11.4. The van der Waals surface area contributed by atoms with Crippen LogP contribution in [0.2, 0.25) is 0 Å². The summed E-state index contributed by atoms with van der Waals surface area (Å²) in [5, 5.41) is 0. The van der Waals surface area contributed by atoms with Crippen molar-refractivity contribution in [3.63, 3.8) is 0 Å². The van der Waals surface area contributed by atoms with Crippen molar-refractivity contribution in [3.05, 3.63) is 30.3 Å². The Hall–Kier alpha value is -1.96. The van der Waals surface area contributed by atoms with Crippen LogP contribution in [0.5, 0.6) is 0 Å². The number of likely N-dealkylation sites (tertiary alicyclic amines) is 1. The van der Waals surface area contributed by atoms with Crippen molar-refractivity contribution in [2.75, 3.05) is 70.5 Å². The molecule has 0 radical (unpaired) electrons. The summed E-state index contributed by atoms with van der Waals surface area (Å²) in [7, 11) is 0. The second-order valence-electron chi connectivity index (χ2n) is 9.71. The Morgan fingerprint density at radius 3 is 2.24 bits per heavy atom. The van der Waals surface area contributed by atoms with Crippen LogP contribution in [0, 0.1) is 0 Å². The predicted molar refractivity (Wildman–Crippen MR) is 130 cm³/mol. The number of carbonyl (C=O) groups excluding carboxylic acids is 2. The lowest BCUT2D eigenvalue weighted by Crippen LogP contribution is -2.64. The van der Waals surface area contributed by atoms with Crippen molar-refractivity contribution in [2.45, 2.75) is 51.0 Å². The molecule has 0 aliphatic carbocycles. The van der Waals surface area contributed by atoms with Crippen LogP contribution in [0.3, 0.4) is 0 Å². The smallest absolute Gasteiger partial charge is 0.236 e. The lowest BCUT2D eigenvalue weighted by molar-refractivity contribution is -0.134. The lowest BCUT2D eigenvalue weighted by Gasteiger charge is -2.51. The Morgan fingerprint density at radius 1 is 0.939 bits per heavy atom. The van der Waals surface area contributed by atoms with E-state index >= 15 is 0 Å². The van der Waals surface area contributed by atoms with Crippen LogP contribution in [-0.2, 0) is 14.3 Å². The number of amides is 2. The van der Waals surface area contributed by atoms with Gasteiger partial charge >= 0.3 is 0 Å². The van der Waals surface area contributed by atoms with Gasteiger partial charge in [0, 0.05) is 76.7 Å². The van der Waals surface area contributed by atoms with Crippen molar-refractivity contribution < 1.29 is 14.3 Å². The second-order valence-corrected chi connectivity index (χ2v) is 9.71. The molecule has 1 aromatic rings. The average molecular weight is 457 g/mol. The lowest BCUT2D eigenvalue weighted by atomic mass is 9.86. The van der Waals surface area contributed by atoms with Gasteiger partial charge in [0.15, 0.2) is 0 Å². The number of para-hydroxylation sites is 1. The topological polar surface area (TPSA) is 56.3 Å². The predicted octanol–water partition coefficient (Wildman–Crippen LogP) is 2.61. The highest BCUT2D eigenvalue weighted by Crippen LogP contribution is 2.32. The Kier molecular flexibility index (Phi) is 8.39. The minimum atomic E-state index is -0.0815. The van der Waals surface area contributed by atoms with E-state index in [1.807, 2.05) is 47.1 Å². The molecule has 7 nitrogen and oxygen atoms in total. The molecule has 33 heavy (non-hydrogen) atoms. The van der Waals surface area contributed by atoms with Gasteiger partial charge in [-0.05, 0) is 44.2 Å². The highest BCUT2D eigenvalue weighted by molar-refractivity contribution is 5.93. The fourth-order valence-corrected chi connectivity index (χ4v) is 5.56. The largest absolute Gasteiger partial charge is 0.381 e. The fraction of sp³-hybridized carbons (Fsp3) is 0.692. The molecule has 3 aliphatic rings. The molecule has 3 saturated heterocycles. The molecule has 0 N–H and O–H groups in total. The average Bonchev–Trinajstić information content (AvgIpc) is 2.89. The Balaban J connectivity index is 1.42. The number of carbonyl (C=O) groups is 2. The molecule has 1 aromatic carbocycles. The molecule has 2 amide bonds. The number of anilines is 1. The number of rotatable bonds is 7. The first-order valence-corrected chi connectivity index (χ1v) is 12.8. The first-order valence-electron chi connectivity index (χ1n) is 12.8. The van der Waals surface area contributed by atoms with Crippen molar-refractivity contribution >= 4 is 17.5 Å². The minimum absolute atomic E-state index is 0.0815. The molecule has 3 fully saturated rings. The summed E-state index contributed by atoms with van der Waals surface area (Å²) in [4.78, 5) is 34.6. The number of benzene rings is 1. The molecule has 0 bridgehead atoms. The summed E-state index contributed by atoms with van der Waals surface area (Å²) in [5.74, 6) is 0.450. The molecule has 0 aromatic heterocycles. The van der Waals surface area contributed by atoms with Gasteiger partial charge in [0.25, 0.3) is 0 Å². The van der Waals surface area contributed by atoms with E-state index in [2.05, 4.69) is 9.80 Å². The number of nitrogens with zero attached hydrogens (tertiary/aromatic N) is 4. The van der Waals surface area contributed by atoms with Gasteiger partial charge in [-0.1, -0.05) is 25.1 Å². The van der Waals surface area contributed by atoms with Gasteiger partial charge in [-0.3, -0.25) is 19.4 Å². The standard InChI is InChI=1S/C26H40N4O3/c1-2-24(31)30(23-9-5-3-6-10-23)22-26(11-19-33-20-12-26)29-17-15-27(16-18-29)21-25(32)28-13-7-4-8-14-28/h3,5-6,9-10H,2,4,7-8,11-22H2,1H3. The van der Waals surface area contributed by atoms with Crippen LogP contribution >= 0.6 is 0 Å². The zero-order valence-corrected chi connectivity index (χ0v) is 20.2. The van der Waals surface area contributed by atoms with E-state index in [1.54, 1.807) is 0 Å². The van der Waals surface area contributed by atoms with Crippen LogP contribution in [0.25, 0.3) is 0 Å². The van der Waals surface area contributed by atoms with E-state index in [4.69, 9.17) is 4.74 Å². The maximum Gasteiger partial charge on any atom is 0.236 e. The summed E-state index contributed by atoms with van der Waals surface area (Å²) in [6.07, 6.45) is 5.87. The quantitative estimate of drug-likeness (QED) is 0.631. The third-order valence-electron chi connectivity index (χ3n) is 7.66. The zero-order chi connectivity index (χ0) is 23.1. The van der Waals surface area contributed by atoms with E-state index in [9.17, 15) is 9.59 Å². The van der Waals surface area contributed by atoms with Crippen molar-refractivity contribution in [1.29, 1.82) is 0 Å². The number of piperidine rings is 1.